The minimum Gasteiger partial charge on any atom is -0.422 e. The van der Waals surface area contributed by atoms with Gasteiger partial charge in [0.2, 0.25) is 0 Å². The first-order valence-electron chi connectivity index (χ1n) is 11.2. The molecule has 1 aliphatic rings. The molecule has 0 N–H and O–H groups in total. The molecule has 1 fully saturated rings. The maximum absolute atomic E-state index is 12.6. The Bertz CT molecular complexity index is 949. The lowest BCUT2D eigenvalue weighted by Crippen LogP contribution is -2.26. The SMILES string of the molecule is CCCCCc1cc2sc(C(=O)Oc3ccc(C4OCC(CCC)CO4)cc3)cc2s1. The zero-order valence-corrected chi connectivity index (χ0v) is 19.9. The second-order valence-corrected chi connectivity index (χ2v) is 10.4. The lowest BCUT2D eigenvalue weighted by molar-refractivity contribution is -0.206. The molecule has 3 heterocycles. The summed E-state index contributed by atoms with van der Waals surface area (Å²) in [6.45, 7) is 5.85. The van der Waals surface area contributed by atoms with Crippen LogP contribution < -0.4 is 4.74 Å². The Balaban J connectivity index is 1.32. The average Bonchev–Trinajstić information content (AvgIpc) is 3.34. The fourth-order valence-electron chi connectivity index (χ4n) is 3.82. The average molecular weight is 459 g/mol. The minimum atomic E-state index is -0.339. The molecule has 0 spiro atoms. The van der Waals surface area contributed by atoms with Gasteiger partial charge in [-0.05, 0) is 43.5 Å². The molecule has 31 heavy (non-hydrogen) atoms. The van der Waals surface area contributed by atoms with Crippen LogP contribution in [0.1, 0.15) is 72.4 Å². The van der Waals surface area contributed by atoms with Crippen molar-refractivity contribution in [2.45, 2.75) is 58.7 Å². The zero-order chi connectivity index (χ0) is 21.6. The van der Waals surface area contributed by atoms with Crippen LogP contribution in [0.3, 0.4) is 0 Å². The van der Waals surface area contributed by atoms with E-state index in [1.807, 2.05) is 18.2 Å². The summed E-state index contributed by atoms with van der Waals surface area (Å²) in [4.78, 5) is 14.7. The van der Waals surface area contributed by atoms with E-state index in [0.29, 0.717) is 16.5 Å². The Hall–Kier alpha value is -1.73. The van der Waals surface area contributed by atoms with Crippen molar-refractivity contribution in [2.75, 3.05) is 13.2 Å². The number of thiophene rings is 2. The molecule has 1 saturated heterocycles. The fraction of sp³-hybridized carbons (Fsp3) is 0.480. The number of benzene rings is 1. The Labute approximate surface area is 192 Å². The van der Waals surface area contributed by atoms with Crippen molar-refractivity contribution in [1.82, 2.24) is 0 Å². The third-order valence-corrected chi connectivity index (χ3v) is 7.85. The summed E-state index contributed by atoms with van der Waals surface area (Å²) in [5.41, 5.74) is 0.946. The Morgan fingerprint density at radius 1 is 1.00 bits per heavy atom. The van der Waals surface area contributed by atoms with Crippen LogP contribution in [-0.4, -0.2) is 19.2 Å². The molecule has 3 aromatic rings. The van der Waals surface area contributed by atoms with Crippen LogP contribution in [0.5, 0.6) is 5.75 Å². The molecule has 6 heteroatoms. The summed E-state index contributed by atoms with van der Waals surface area (Å²) in [6.07, 6.45) is 6.78. The van der Waals surface area contributed by atoms with E-state index in [0.717, 1.165) is 38.0 Å². The lowest BCUT2D eigenvalue weighted by atomic mass is 10.1. The zero-order valence-electron chi connectivity index (χ0n) is 18.2. The summed E-state index contributed by atoms with van der Waals surface area (Å²) < 4.78 is 19.7. The second kappa shape index (κ2) is 10.7. The van der Waals surface area contributed by atoms with Crippen LogP contribution in [0.25, 0.3) is 9.40 Å². The van der Waals surface area contributed by atoms with Crippen molar-refractivity contribution in [3.63, 3.8) is 0 Å². The number of hydrogen-bond acceptors (Lipinski definition) is 6. The number of unbranched alkanes of at least 4 members (excludes halogenated alkanes) is 2. The van der Waals surface area contributed by atoms with Crippen molar-refractivity contribution >= 4 is 38.0 Å². The number of hydrogen-bond donors (Lipinski definition) is 0. The molecule has 0 saturated carbocycles. The van der Waals surface area contributed by atoms with Gasteiger partial charge >= 0.3 is 5.97 Å². The number of fused-ring (bicyclic) bond motifs is 1. The molecule has 166 valence electrons. The number of rotatable bonds is 9. The first-order chi connectivity index (χ1) is 15.2. The molecule has 1 aliphatic heterocycles. The van der Waals surface area contributed by atoms with Crippen LogP contribution >= 0.6 is 22.7 Å². The van der Waals surface area contributed by atoms with Gasteiger partial charge in [-0.1, -0.05) is 45.2 Å². The number of carbonyl (C=O) groups excluding carboxylic acids is 1. The van der Waals surface area contributed by atoms with Gasteiger partial charge < -0.3 is 14.2 Å². The Morgan fingerprint density at radius 2 is 1.74 bits per heavy atom. The first kappa shape index (κ1) is 22.5. The number of ether oxygens (including phenoxy) is 3. The van der Waals surface area contributed by atoms with Crippen molar-refractivity contribution in [1.29, 1.82) is 0 Å². The molecule has 0 unspecified atom stereocenters. The minimum absolute atomic E-state index is 0.304. The van der Waals surface area contributed by atoms with E-state index in [-0.39, 0.29) is 12.3 Å². The topological polar surface area (TPSA) is 44.8 Å². The molecule has 0 aliphatic carbocycles. The van der Waals surface area contributed by atoms with Gasteiger partial charge in [0, 0.05) is 25.8 Å². The summed E-state index contributed by atoms with van der Waals surface area (Å²) in [5.74, 6) is 0.709. The van der Waals surface area contributed by atoms with E-state index in [9.17, 15) is 4.79 Å². The molecule has 4 rings (SSSR count). The molecule has 0 atom stereocenters. The molecule has 1 aromatic carbocycles. The lowest BCUT2D eigenvalue weighted by Gasteiger charge is -2.29. The smallest absolute Gasteiger partial charge is 0.353 e. The standard InChI is InChI=1S/C25H30O4S2/c1-3-5-6-8-20-13-21-22(30-20)14-23(31-21)24(26)29-19-11-9-18(10-12-19)25-27-15-17(7-4-2)16-28-25/h9-14,17,25H,3-8,15-16H2,1-2H3. The van der Waals surface area contributed by atoms with Crippen LogP contribution in [-0.2, 0) is 15.9 Å². The monoisotopic (exact) mass is 458 g/mol. The third-order valence-electron chi connectivity index (χ3n) is 5.51. The number of aryl methyl sites for hydroxylation is 1. The Kier molecular flexibility index (Phi) is 7.77. The van der Waals surface area contributed by atoms with Crippen molar-refractivity contribution in [2.24, 2.45) is 5.92 Å². The highest BCUT2D eigenvalue weighted by molar-refractivity contribution is 7.28. The van der Waals surface area contributed by atoms with E-state index in [2.05, 4.69) is 19.9 Å². The number of carbonyl (C=O) groups is 1. The highest BCUT2D eigenvalue weighted by Crippen LogP contribution is 2.35. The van der Waals surface area contributed by atoms with Gasteiger partial charge in [-0.25, -0.2) is 4.79 Å². The van der Waals surface area contributed by atoms with Crippen molar-refractivity contribution < 1.29 is 19.0 Å². The third kappa shape index (κ3) is 5.75. The van der Waals surface area contributed by atoms with Crippen LogP contribution in [0, 0.1) is 5.92 Å². The highest BCUT2D eigenvalue weighted by atomic mass is 32.1. The van der Waals surface area contributed by atoms with E-state index in [1.165, 1.54) is 44.9 Å². The maximum Gasteiger partial charge on any atom is 0.353 e. The van der Waals surface area contributed by atoms with Crippen LogP contribution in [0.2, 0.25) is 0 Å². The predicted molar refractivity (Wildman–Crippen MR) is 127 cm³/mol. The summed E-state index contributed by atoms with van der Waals surface area (Å²) in [5, 5.41) is 0. The van der Waals surface area contributed by atoms with Gasteiger partial charge in [0.15, 0.2) is 6.29 Å². The molecule has 0 amide bonds. The molecule has 0 radical (unpaired) electrons. The van der Waals surface area contributed by atoms with Gasteiger partial charge in [0.05, 0.1) is 13.2 Å². The fourth-order valence-corrected chi connectivity index (χ4v) is 6.16. The second-order valence-electron chi connectivity index (χ2n) is 8.12. The highest BCUT2D eigenvalue weighted by Gasteiger charge is 2.23. The maximum atomic E-state index is 12.6. The van der Waals surface area contributed by atoms with Crippen molar-refractivity contribution in [3.05, 3.63) is 51.7 Å². The van der Waals surface area contributed by atoms with Gasteiger partial charge in [-0.15, -0.1) is 22.7 Å². The normalized spacial score (nSPS) is 19.0. The van der Waals surface area contributed by atoms with Crippen LogP contribution in [0.4, 0.5) is 0 Å². The first-order valence-corrected chi connectivity index (χ1v) is 12.9. The van der Waals surface area contributed by atoms with Gasteiger partial charge in [-0.3, -0.25) is 0 Å². The summed E-state index contributed by atoms with van der Waals surface area (Å²) in [6, 6.07) is 11.6. The Morgan fingerprint density at radius 3 is 2.42 bits per heavy atom. The van der Waals surface area contributed by atoms with Crippen LogP contribution in [0.15, 0.2) is 36.4 Å². The van der Waals surface area contributed by atoms with Gasteiger partial charge in [0.1, 0.15) is 10.6 Å². The predicted octanol–water partition coefficient (Wildman–Crippen LogP) is 7.38. The van der Waals surface area contributed by atoms with Gasteiger partial charge in [-0.2, -0.15) is 0 Å². The van der Waals surface area contributed by atoms with Crippen molar-refractivity contribution in [3.8, 4) is 5.75 Å². The number of esters is 1. The summed E-state index contributed by atoms with van der Waals surface area (Å²) >= 11 is 3.30. The largest absolute Gasteiger partial charge is 0.422 e. The molecular formula is C25H30O4S2. The molecule has 2 aromatic heterocycles. The van der Waals surface area contributed by atoms with E-state index in [1.54, 1.807) is 23.5 Å². The molecular weight excluding hydrogens is 428 g/mol. The van der Waals surface area contributed by atoms with Gasteiger partial charge in [0.25, 0.3) is 0 Å². The summed E-state index contributed by atoms with van der Waals surface area (Å²) in [7, 11) is 0. The van der Waals surface area contributed by atoms with E-state index >= 15 is 0 Å². The molecule has 4 nitrogen and oxygen atoms in total. The molecule has 0 bridgehead atoms. The van der Waals surface area contributed by atoms with E-state index in [4.69, 9.17) is 14.2 Å². The van der Waals surface area contributed by atoms with E-state index < -0.39 is 0 Å². The quantitative estimate of drug-likeness (QED) is 0.191.